The summed E-state index contributed by atoms with van der Waals surface area (Å²) in [6.45, 7) is 6.16. The summed E-state index contributed by atoms with van der Waals surface area (Å²) in [5.41, 5.74) is -0.647. The minimum atomic E-state index is -0.610. The Kier molecular flexibility index (Phi) is 8.97. The van der Waals surface area contributed by atoms with Gasteiger partial charge in [0, 0.05) is 12.1 Å². The summed E-state index contributed by atoms with van der Waals surface area (Å²) in [7, 11) is 0. The van der Waals surface area contributed by atoms with Gasteiger partial charge in [-0.15, -0.1) is 0 Å². The predicted molar refractivity (Wildman–Crippen MR) is 122 cm³/mol. The first kappa shape index (κ1) is 24.8. The first-order chi connectivity index (χ1) is 14.8. The maximum absolute atomic E-state index is 13.3. The highest BCUT2D eigenvalue weighted by molar-refractivity contribution is 6.38. The van der Waals surface area contributed by atoms with Gasteiger partial charge in [0.25, 0.3) is 5.56 Å². The van der Waals surface area contributed by atoms with Crippen LogP contribution >= 0.6 is 23.2 Å². The van der Waals surface area contributed by atoms with Crippen LogP contribution in [0, 0.1) is 18.3 Å². The van der Waals surface area contributed by atoms with E-state index in [0.29, 0.717) is 13.0 Å². The quantitative estimate of drug-likeness (QED) is 0.362. The Morgan fingerprint density at radius 2 is 1.77 bits per heavy atom. The van der Waals surface area contributed by atoms with Crippen molar-refractivity contribution in [2.75, 3.05) is 6.61 Å². The Bertz CT molecular complexity index is 1050. The van der Waals surface area contributed by atoms with Crippen LogP contribution in [0.15, 0.2) is 16.9 Å². The summed E-state index contributed by atoms with van der Waals surface area (Å²) in [5, 5.41) is 20.6. The van der Waals surface area contributed by atoms with E-state index in [1.54, 1.807) is 0 Å². The Morgan fingerprint density at radius 1 is 1.16 bits per heavy atom. The van der Waals surface area contributed by atoms with Crippen LogP contribution in [0.2, 0.25) is 10.0 Å². The molecule has 0 aliphatic rings. The highest BCUT2D eigenvalue weighted by Gasteiger charge is 2.26. The van der Waals surface area contributed by atoms with Crippen LogP contribution in [-0.2, 0) is 6.54 Å². The van der Waals surface area contributed by atoms with E-state index in [0.717, 1.165) is 30.3 Å². The standard InChI is InChI=1S/C23H26Cl2N2O4/c1-4-6-8-9-27-22(29)16(13-26)14(3)19(23(27)30)20(28)15-11-17(24)21(18(25)12-15)31-10-7-5-2/h11-12,30H,4-10H2,1-3H3. The third-order valence-electron chi connectivity index (χ3n) is 5.02. The number of ketones is 1. The maximum Gasteiger partial charge on any atom is 0.271 e. The van der Waals surface area contributed by atoms with Crippen molar-refractivity contribution in [2.24, 2.45) is 0 Å². The topological polar surface area (TPSA) is 92.3 Å². The zero-order valence-corrected chi connectivity index (χ0v) is 19.4. The van der Waals surface area contributed by atoms with E-state index in [1.807, 2.05) is 19.9 Å². The molecule has 0 spiro atoms. The van der Waals surface area contributed by atoms with Crippen LogP contribution in [0.1, 0.15) is 73.0 Å². The highest BCUT2D eigenvalue weighted by atomic mass is 35.5. The fourth-order valence-electron chi connectivity index (χ4n) is 3.24. The second-order valence-electron chi connectivity index (χ2n) is 7.27. The molecule has 1 heterocycles. The summed E-state index contributed by atoms with van der Waals surface area (Å²) in [5.74, 6) is -0.755. The van der Waals surface area contributed by atoms with Gasteiger partial charge >= 0.3 is 0 Å². The summed E-state index contributed by atoms with van der Waals surface area (Å²) < 4.78 is 6.69. The minimum absolute atomic E-state index is 0.112. The fourth-order valence-corrected chi connectivity index (χ4v) is 3.84. The average molecular weight is 465 g/mol. The summed E-state index contributed by atoms with van der Waals surface area (Å²) in [6.07, 6.45) is 4.17. The zero-order valence-electron chi connectivity index (χ0n) is 17.9. The molecule has 0 atom stereocenters. The molecule has 1 N–H and O–H groups in total. The zero-order chi connectivity index (χ0) is 23.1. The molecule has 1 aromatic carbocycles. The number of aromatic nitrogens is 1. The van der Waals surface area contributed by atoms with E-state index >= 15 is 0 Å². The molecule has 0 radical (unpaired) electrons. The molecule has 6 nitrogen and oxygen atoms in total. The lowest BCUT2D eigenvalue weighted by atomic mass is 9.97. The van der Waals surface area contributed by atoms with Crippen molar-refractivity contribution in [3.8, 4) is 17.7 Å². The number of rotatable bonds is 10. The Balaban J connectivity index is 2.55. The van der Waals surface area contributed by atoms with E-state index in [9.17, 15) is 20.0 Å². The first-order valence-electron chi connectivity index (χ1n) is 10.3. The van der Waals surface area contributed by atoms with Crippen LogP contribution in [0.25, 0.3) is 0 Å². The number of ether oxygens (including phenoxy) is 1. The molecule has 8 heteroatoms. The Hall–Kier alpha value is -2.49. The molecule has 0 fully saturated rings. The second-order valence-corrected chi connectivity index (χ2v) is 8.09. The van der Waals surface area contributed by atoms with Gasteiger partial charge in [0.2, 0.25) is 5.88 Å². The number of hydrogen-bond donors (Lipinski definition) is 1. The van der Waals surface area contributed by atoms with Crippen molar-refractivity contribution in [2.45, 2.75) is 59.4 Å². The Labute approximate surface area is 192 Å². The van der Waals surface area contributed by atoms with E-state index in [4.69, 9.17) is 27.9 Å². The molecule has 0 saturated carbocycles. The predicted octanol–water partition coefficient (Wildman–Crippen LogP) is 5.64. The van der Waals surface area contributed by atoms with Crippen molar-refractivity contribution in [1.82, 2.24) is 4.57 Å². The smallest absolute Gasteiger partial charge is 0.271 e. The average Bonchev–Trinajstić information content (AvgIpc) is 2.72. The van der Waals surface area contributed by atoms with Gasteiger partial charge in [-0.1, -0.05) is 56.3 Å². The second kappa shape index (κ2) is 11.2. The summed E-state index contributed by atoms with van der Waals surface area (Å²) in [4.78, 5) is 25.9. The molecule has 0 saturated heterocycles. The normalized spacial score (nSPS) is 10.7. The van der Waals surface area contributed by atoms with Crippen molar-refractivity contribution in [3.05, 3.63) is 54.8 Å². The molecule has 0 aliphatic carbocycles. The Morgan fingerprint density at radius 3 is 2.32 bits per heavy atom. The number of pyridine rings is 1. The number of benzene rings is 1. The van der Waals surface area contributed by atoms with Crippen molar-refractivity contribution in [1.29, 1.82) is 5.26 Å². The van der Waals surface area contributed by atoms with Gasteiger partial charge < -0.3 is 9.84 Å². The molecule has 1 aromatic heterocycles. The molecule has 31 heavy (non-hydrogen) atoms. The maximum atomic E-state index is 13.3. The molecule has 0 amide bonds. The number of nitrogens with zero attached hydrogens (tertiary/aromatic N) is 2. The number of aromatic hydroxyl groups is 1. The summed E-state index contributed by atoms with van der Waals surface area (Å²) in [6, 6.07) is 4.68. The molecule has 0 bridgehead atoms. The lowest BCUT2D eigenvalue weighted by molar-refractivity contribution is 0.103. The van der Waals surface area contributed by atoms with Gasteiger partial charge in [-0.2, -0.15) is 5.26 Å². The molecule has 2 rings (SSSR count). The molecule has 0 aliphatic heterocycles. The number of carbonyl (C=O) groups is 1. The van der Waals surface area contributed by atoms with E-state index in [1.165, 1.54) is 19.1 Å². The van der Waals surface area contributed by atoms with Gasteiger partial charge in [0.15, 0.2) is 11.5 Å². The van der Waals surface area contributed by atoms with Crippen LogP contribution in [0.5, 0.6) is 11.6 Å². The molecule has 2 aromatic rings. The lowest BCUT2D eigenvalue weighted by Crippen LogP contribution is -2.27. The van der Waals surface area contributed by atoms with Crippen molar-refractivity contribution in [3.63, 3.8) is 0 Å². The third kappa shape index (κ3) is 5.41. The van der Waals surface area contributed by atoms with Crippen LogP contribution in [0.3, 0.4) is 0 Å². The van der Waals surface area contributed by atoms with E-state index in [2.05, 4.69) is 0 Å². The minimum Gasteiger partial charge on any atom is -0.494 e. The largest absolute Gasteiger partial charge is 0.494 e. The first-order valence-corrected chi connectivity index (χ1v) is 11.1. The summed E-state index contributed by atoms with van der Waals surface area (Å²) >= 11 is 12.6. The van der Waals surface area contributed by atoms with Crippen molar-refractivity contribution < 1.29 is 14.6 Å². The number of unbranched alkanes of at least 4 members (excludes halogenated alkanes) is 3. The number of carbonyl (C=O) groups excluding carboxylic acids is 1. The van der Waals surface area contributed by atoms with Crippen LogP contribution < -0.4 is 10.3 Å². The molecule has 0 unspecified atom stereocenters. The van der Waals surface area contributed by atoms with Gasteiger partial charge in [-0.05, 0) is 37.5 Å². The SMILES string of the molecule is CCCCCn1c(O)c(C(=O)c2cc(Cl)c(OCCCC)c(Cl)c2)c(C)c(C#N)c1=O. The number of hydrogen-bond acceptors (Lipinski definition) is 5. The fraction of sp³-hybridized carbons (Fsp3) is 0.435. The molecule has 166 valence electrons. The number of halogens is 2. The van der Waals surface area contributed by atoms with Crippen LogP contribution in [0.4, 0.5) is 0 Å². The van der Waals surface area contributed by atoms with Crippen LogP contribution in [-0.4, -0.2) is 22.1 Å². The lowest BCUT2D eigenvalue weighted by Gasteiger charge is -2.16. The van der Waals surface area contributed by atoms with Gasteiger partial charge in [-0.25, -0.2) is 0 Å². The van der Waals surface area contributed by atoms with E-state index < -0.39 is 17.2 Å². The van der Waals surface area contributed by atoms with Gasteiger partial charge in [-0.3, -0.25) is 14.2 Å². The molecular formula is C23H26Cl2N2O4. The highest BCUT2D eigenvalue weighted by Crippen LogP contribution is 2.36. The third-order valence-corrected chi connectivity index (χ3v) is 5.58. The van der Waals surface area contributed by atoms with Gasteiger partial charge in [0.05, 0.1) is 22.2 Å². The van der Waals surface area contributed by atoms with Gasteiger partial charge in [0.1, 0.15) is 11.6 Å². The van der Waals surface area contributed by atoms with Crippen molar-refractivity contribution >= 4 is 29.0 Å². The number of nitriles is 1. The van der Waals surface area contributed by atoms with E-state index in [-0.39, 0.29) is 44.6 Å². The molecular weight excluding hydrogens is 439 g/mol. The monoisotopic (exact) mass is 464 g/mol.